The van der Waals surface area contributed by atoms with Crippen molar-refractivity contribution in [3.05, 3.63) is 12.2 Å². The Bertz CT molecular complexity index is 409. The second-order valence-corrected chi connectivity index (χ2v) is 7.34. The van der Waals surface area contributed by atoms with Crippen LogP contribution in [-0.4, -0.2) is 58.2 Å². The molecule has 0 saturated carbocycles. The average Bonchev–Trinajstić information content (AvgIpc) is 2.76. The maximum absolute atomic E-state index is 6.18. The molecular weight excluding hydrogens is 428 g/mol. The summed E-state index contributed by atoms with van der Waals surface area (Å²) >= 11 is 0. The summed E-state index contributed by atoms with van der Waals surface area (Å²) in [4.78, 5) is 0. The lowest BCUT2D eigenvalue weighted by molar-refractivity contribution is -0.562. The molecule has 0 aliphatic carbocycles. The first-order valence-corrected chi connectivity index (χ1v) is 12.8. The van der Waals surface area contributed by atoms with E-state index in [-0.39, 0.29) is 0 Å². The zero-order valence-corrected chi connectivity index (χ0v) is 22.2. The van der Waals surface area contributed by atoms with E-state index in [0.29, 0.717) is 51.6 Å². The van der Waals surface area contributed by atoms with Crippen LogP contribution >= 0.6 is 0 Å². The summed E-state index contributed by atoms with van der Waals surface area (Å²) in [5.74, 6) is 0. The Hall–Kier alpha value is -0.580. The fourth-order valence-corrected chi connectivity index (χ4v) is 3.22. The Morgan fingerprint density at radius 3 is 1.21 bits per heavy atom. The number of unbranched alkanes of at least 4 members (excludes halogenated alkanes) is 5. The molecule has 0 fully saturated rings. The zero-order chi connectivity index (χ0) is 25.0. The predicted octanol–water partition coefficient (Wildman–Crippen LogP) is 6.09. The van der Waals surface area contributed by atoms with Gasteiger partial charge in [-0.05, 0) is 60.0 Å². The van der Waals surface area contributed by atoms with Crippen molar-refractivity contribution in [3.63, 3.8) is 0 Å². The van der Waals surface area contributed by atoms with Crippen LogP contribution in [0, 0.1) is 0 Å². The lowest BCUT2D eigenvalue weighted by Crippen LogP contribution is -2.51. The van der Waals surface area contributed by atoms with Crippen LogP contribution < -0.4 is 0 Å². The molecule has 0 bridgehead atoms. The van der Waals surface area contributed by atoms with E-state index in [9.17, 15) is 0 Å². The highest BCUT2D eigenvalue weighted by atomic mass is 17.1. The molecule has 0 aliphatic heterocycles. The molecular formula is C25H50O8. The number of hydrogen-bond acceptors (Lipinski definition) is 8. The molecule has 0 aromatic heterocycles. The van der Waals surface area contributed by atoms with Crippen LogP contribution in [0.15, 0.2) is 12.2 Å². The number of rotatable bonds is 24. The van der Waals surface area contributed by atoms with Gasteiger partial charge in [-0.1, -0.05) is 45.6 Å². The van der Waals surface area contributed by atoms with E-state index < -0.39 is 18.6 Å². The van der Waals surface area contributed by atoms with E-state index in [0.717, 1.165) is 12.8 Å². The lowest BCUT2D eigenvalue weighted by Gasteiger charge is -2.39. The molecule has 0 N–H and O–H groups in total. The van der Waals surface area contributed by atoms with Crippen molar-refractivity contribution < 1.29 is 37.9 Å². The van der Waals surface area contributed by atoms with E-state index in [2.05, 4.69) is 13.5 Å². The molecule has 198 valence electrons. The molecule has 0 aliphatic rings. The maximum Gasteiger partial charge on any atom is 0.415 e. The molecule has 33 heavy (non-hydrogen) atoms. The van der Waals surface area contributed by atoms with Crippen LogP contribution in [0.5, 0.6) is 0 Å². The van der Waals surface area contributed by atoms with Gasteiger partial charge < -0.3 is 28.4 Å². The summed E-state index contributed by atoms with van der Waals surface area (Å²) in [7, 11) is 0. The standard InChI is InChI=1S/C25H50O8/c1-9-16-17-18-19-20-21-22(8)23(32-24(26-10-2,27-11-3)28-12-4)33-25(29-13-5,30-14-6)31-15-7/h23H,8-21H2,1-7H3. The Kier molecular flexibility index (Phi) is 19.4. The van der Waals surface area contributed by atoms with Gasteiger partial charge in [-0.2, -0.15) is 0 Å². The van der Waals surface area contributed by atoms with E-state index in [4.69, 9.17) is 37.9 Å². The minimum atomic E-state index is -1.75. The van der Waals surface area contributed by atoms with Gasteiger partial charge in [0, 0.05) is 0 Å². The highest BCUT2D eigenvalue weighted by molar-refractivity contribution is 4.99. The summed E-state index contributed by atoms with van der Waals surface area (Å²) in [6.45, 7) is 19.3. The molecule has 0 aromatic rings. The minimum Gasteiger partial charge on any atom is -0.303 e. The number of ether oxygens (including phenoxy) is 8. The summed E-state index contributed by atoms with van der Waals surface area (Å²) in [6.07, 6.45) is 3.15. The van der Waals surface area contributed by atoms with Gasteiger partial charge >= 0.3 is 12.3 Å². The van der Waals surface area contributed by atoms with Crippen LogP contribution in [0.25, 0.3) is 0 Å². The quantitative estimate of drug-likeness (QED) is 0.0937. The Labute approximate surface area is 202 Å². The molecule has 0 unspecified atom stereocenters. The molecule has 0 saturated heterocycles. The van der Waals surface area contributed by atoms with Crippen molar-refractivity contribution in [1.29, 1.82) is 0 Å². The van der Waals surface area contributed by atoms with Crippen LogP contribution in [0.4, 0.5) is 0 Å². The molecule has 0 amide bonds. The van der Waals surface area contributed by atoms with E-state index in [1.54, 1.807) is 0 Å². The Balaban J connectivity index is 5.71. The lowest BCUT2D eigenvalue weighted by atomic mass is 10.1. The van der Waals surface area contributed by atoms with Gasteiger partial charge in [0.2, 0.25) is 0 Å². The van der Waals surface area contributed by atoms with Crippen molar-refractivity contribution in [2.45, 2.75) is 112 Å². The highest BCUT2D eigenvalue weighted by Gasteiger charge is 2.45. The summed E-state index contributed by atoms with van der Waals surface area (Å²) in [6, 6.07) is 0. The first-order chi connectivity index (χ1) is 15.9. The first kappa shape index (κ1) is 32.4. The maximum atomic E-state index is 6.18. The number of hydrogen-bond donors (Lipinski definition) is 0. The summed E-state index contributed by atoms with van der Waals surface area (Å²) in [5, 5.41) is 0. The average molecular weight is 479 g/mol. The second-order valence-electron chi connectivity index (χ2n) is 7.34. The smallest absolute Gasteiger partial charge is 0.303 e. The van der Waals surface area contributed by atoms with Crippen molar-refractivity contribution >= 4 is 0 Å². The molecule has 0 aromatic carbocycles. The Morgan fingerprint density at radius 2 is 0.879 bits per heavy atom. The van der Waals surface area contributed by atoms with Crippen LogP contribution in [-0.2, 0) is 37.9 Å². The molecule has 0 atom stereocenters. The van der Waals surface area contributed by atoms with Gasteiger partial charge in [0.05, 0.1) is 39.6 Å². The van der Waals surface area contributed by atoms with E-state index >= 15 is 0 Å². The highest BCUT2D eigenvalue weighted by Crippen LogP contribution is 2.30. The molecule has 8 heteroatoms. The van der Waals surface area contributed by atoms with Gasteiger partial charge in [0.25, 0.3) is 0 Å². The van der Waals surface area contributed by atoms with Crippen LogP contribution in [0.2, 0.25) is 0 Å². The van der Waals surface area contributed by atoms with Crippen molar-refractivity contribution in [3.8, 4) is 0 Å². The predicted molar refractivity (Wildman–Crippen MR) is 128 cm³/mol. The molecule has 8 nitrogen and oxygen atoms in total. The molecule has 0 radical (unpaired) electrons. The fraction of sp³-hybridized carbons (Fsp3) is 0.920. The first-order valence-electron chi connectivity index (χ1n) is 12.8. The minimum absolute atomic E-state index is 0.310. The molecule has 0 spiro atoms. The molecule has 0 heterocycles. The Morgan fingerprint density at radius 1 is 0.545 bits per heavy atom. The van der Waals surface area contributed by atoms with Crippen LogP contribution in [0.3, 0.4) is 0 Å². The van der Waals surface area contributed by atoms with E-state index in [1.807, 2.05) is 41.5 Å². The van der Waals surface area contributed by atoms with Crippen molar-refractivity contribution in [1.82, 2.24) is 0 Å². The third kappa shape index (κ3) is 13.2. The van der Waals surface area contributed by atoms with Crippen LogP contribution in [0.1, 0.15) is 93.4 Å². The SMILES string of the molecule is C=C(CCCCCCCC)C(OC(OCC)(OCC)OCC)OC(OCC)(OCC)OCC. The summed E-state index contributed by atoms with van der Waals surface area (Å²) in [5.41, 5.74) is 0.692. The van der Waals surface area contributed by atoms with E-state index in [1.165, 1.54) is 25.7 Å². The van der Waals surface area contributed by atoms with Gasteiger partial charge in [0.1, 0.15) is 0 Å². The third-order valence-corrected chi connectivity index (χ3v) is 4.61. The largest absolute Gasteiger partial charge is 0.415 e. The van der Waals surface area contributed by atoms with Crippen molar-refractivity contribution in [2.24, 2.45) is 0 Å². The zero-order valence-electron chi connectivity index (χ0n) is 22.2. The molecule has 0 rings (SSSR count). The second kappa shape index (κ2) is 19.7. The third-order valence-electron chi connectivity index (χ3n) is 4.61. The van der Waals surface area contributed by atoms with Crippen molar-refractivity contribution in [2.75, 3.05) is 39.6 Å². The van der Waals surface area contributed by atoms with Gasteiger partial charge in [-0.3, -0.25) is 9.47 Å². The normalized spacial score (nSPS) is 12.6. The van der Waals surface area contributed by atoms with Gasteiger partial charge in [-0.15, -0.1) is 0 Å². The topological polar surface area (TPSA) is 73.8 Å². The fourth-order valence-electron chi connectivity index (χ4n) is 3.22. The van der Waals surface area contributed by atoms with Gasteiger partial charge in [-0.25, -0.2) is 0 Å². The van der Waals surface area contributed by atoms with Gasteiger partial charge in [0.15, 0.2) is 6.29 Å². The monoisotopic (exact) mass is 478 g/mol. The summed E-state index contributed by atoms with van der Waals surface area (Å²) < 4.78 is 46.8.